The first-order chi connectivity index (χ1) is 14.4. The molecule has 0 radical (unpaired) electrons. The summed E-state index contributed by atoms with van der Waals surface area (Å²) >= 11 is -1.64. The van der Waals surface area contributed by atoms with Gasteiger partial charge < -0.3 is 0 Å². The molecule has 1 aliphatic heterocycles. The number of rotatable bonds is 8. The quantitative estimate of drug-likeness (QED) is 0.277. The topological polar surface area (TPSA) is 111 Å². The summed E-state index contributed by atoms with van der Waals surface area (Å²) in [5, 5.41) is 3.25. The molecule has 9 heteroatoms. The molecule has 1 aromatic rings. The van der Waals surface area contributed by atoms with Crippen LogP contribution in [0.2, 0.25) is 0 Å². The molecule has 1 saturated carbocycles. The summed E-state index contributed by atoms with van der Waals surface area (Å²) in [4.78, 5) is 16.8. The van der Waals surface area contributed by atoms with Gasteiger partial charge in [-0.25, -0.2) is 8.42 Å². The fourth-order valence-corrected chi connectivity index (χ4v) is 9.77. The second-order valence-corrected chi connectivity index (χ2v) is 17.8. The van der Waals surface area contributed by atoms with E-state index in [1.807, 2.05) is 0 Å². The van der Waals surface area contributed by atoms with Gasteiger partial charge in [-0.3, -0.25) is 0 Å². The van der Waals surface area contributed by atoms with Gasteiger partial charge in [-0.2, -0.15) is 0 Å². The van der Waals surface area contributed by atoms with E-state index in [-0.39, 0.29) is 19.8 Å². The Balaban J connectivity index is 1.39. The number of nitrogens with one attached hydrogen (secondary N) is 1. The van der Waals surface area contributed by atoms with Gasteiger partial charge in [0.1, 0.15) is 0 Å². The fraction of sp³-hybridized carbons (Fsp3) is 0.727. The Bertz CT molecular complexity index is 877. The van der Waals surface area contributed by atoms with Gasteiger partial charge in [0.05, 0.1) is 0 Å². The van der Waals surface area contributed by atoms with E-state index in [2.05, 4.69) is 31.1 Å². The number of aromatic nitrogens is 1. The summed E-state index contributed by atoms with van der Waals surface area (Å²) < 4.78 is 30.8. The zero-order valence-corrected chi connectivity index (χ0v) is 22.0. The van der Waals surface area contributed by atoms with Gasteiger partial charge in [0.25, 0.3) is 0 Å². The minimum atomic E-state index is -3.23. The van der Waals surface area contributed by atoms with Crippen LogP contribution in [0.5, 0.6) is 0 Å². The number of anilines is 1. The van der Waals surface area contributed by atoms with Crippen molar-refractivity contribution in [2.24, 2.45) is 23.0 Å². The molecule has 2 aliphatic rings. The van der Waals surface area contributed by atoms with Crippen LogP contribution >= 0.6 is 19.8 Å². The minimum absolute atomic E-state index is 0.0244. The maximum absolute atomic E-state index is 12.4. The second kappa shape index (κ2) is 9.51. The fourth-order valence-electron chi connectivity index (χ4n) is 4.09. The average molecular weight is 566 g/mol. The van der Waals surface area contributed by atoms with E-state index in [4.69, 9.17) is 10.5 Å². The van der Waals surface area contributed by atoms with Crippen molar-refractivity contribution in [3.8, 4) is 0 Å². The molecule has 2 atom stereocenters. The van der Waals surface area contributed by atoms with Crippen LogP contribution in [0, 0.1) is 17.3 Å². The number of ether oxygens (including phenoxy) is 1. The molecule has 0 amide bonds. The SMILES string of the molecule is CC(C)(C)COC(=O)I1CCC([C@H]2C[C@@]2(N)CCNc2ccc(S(C)(=O)=O)cn2)CC1. The molecule has 3 rings (SSSR count). The van der Waals surface area contributed by atoms with Crippen molar-refractivity contribution < 1.29 is 17.9 Å². The van der Waals surface area contributed by atoms with Crippen molar-refractivity contribution in [1.29, 1.82) is 0 Å². The number of sulfone groups is 1. The monoisotopic (exact) mass is 565 g/mol. The zero-order valence-electron chi connectivity index (χ0n) is 19.0. The molecule has 3 N–H and O–H groups in total. The summed E-state index contributed by atoms with van der Waals surface area (Å²) in [5.41, 5.74) is 6.53. The molecule has 1 aromatic heterocycles. The second-order valence-electron chi connectivity index (χ2n) is 10.1. The van der Waals surface area contributed by atoms with E-state index in [9.17, 15) is 13.2 Å². The number of pyridine rings is 1. The molecule has 7 nitrogen and oxygen atoms in total. The van der Waals surface area contributed by atoms with E-state index >= 15 is 0 Å². The first-order valence-corrected chi connectivity index (χ1v) is 16.9. The standard InChI is InChI=1S/C22H36IN3O4S/c1-21(2,3)15-30-20(27)23-10-7-16(8-11-23)18-13-22(18,24)9-12-25-19-6-5-17(14-26-19)31(4,28)29/h5-6,14,16,18H,7-13,15,24H2,1-4H3,(H,25,26)/t18-,22+/m1/s1. The van der Waals surface area contributed by atoms with Crippen molar-refractivity contribution in [3.05, 3.63) is 18.3 Å². The average Bonchev–Trinajstić information content (AvgIpc) is 3.37. The summed E-state index contributed by atoms with van der Waals surface area (Å²) in [5.74, 6) is 1.83. The van der Waals surface area contributed by atoms with Crippen LogP contribution in [-0.4, -0.2) is 51.2 Å². The number of carbonyl (C=O) groups excluding carboxylic acids is 1. The summed E-state index contributed by atoms with van der Waals surface area (Å²) in [7, 11) is -3.23. The van der Waals surface area contributed by atoms with Crippen LogP contribution in [-0.2, 0) is 14.6 Å². The van der Waals surface area contributed by atoms with Crippen LogP contribution in [0.15, 0.2) is 23.2 Å². The number of hydrogen-bond donors (Lipinski definition) is 2. The Morgan fingerprint density at radius 3 is 2.55 bits per heavy atom. The van der Waals surface area contributed by atoms with Crippen molar-refractivity contribution >= 4 is 39.5 Å². The van der Waals surface area contributed by atoms with E-state index in [1.165, 1.54) is 12.5 Å². The van der Waals surface area contributed by atoms with Gasteiger partial charge in [-0.1, -0.05) is 0 Å². The Hall–Kier alpha value is -0.940. The van der Waals surface area contributed by atoms with Gasteiger partial charge >= 0.3 is 170 Å². The first kappa shape index (κ1) is 24.7. The molecule has 1 saturated heterocycles. The van der Waals surface area contributed by atoms with Crippen molar-refractivity contribution in [3.63, 3.8) is 0 Å². The zero-order chi connectivity index (χ0) is 22.9. The van der Waals surface area contributed by atoms with Crippen LogP contribution < -0.4 is 11.1 Å². The Morgan fingerprint density at radius 1 is 1.32 bits per heavy atom. The van der Waals surface area contributed by atoms with Gasteiger partial charge in [0.2, 0.25) is 0 Å². The van der Waals surface area contributed by atoms with Crippen molar-refractivity contribution in [2.45, 2.75) is 56.9 Å². The molecule has 2 fully saturated rings. The van der Waals surface area contributed by atoms with Gasteiger partial charge in [0, 0.05) is 6.26 Å². The number of hydrogen-bond acceptors (Lipinski definition) is 7. The molecular weight excluding hydrogens is 529 g/mol. The predicted molar refractivity (Wildman–Crippen MR) is 133 cm³/mol. The van der Waals surface area contributed by atoms with Crippen LogP contribution in [0.4, 0.5) is 10.6 Å². The molecule has 0 aromatic carbocycles. The Labute approximate surface area is 193 Å². The van der Waals surface area contributed by atoms with E-state index < -0.39 is 29.7 Å². The van der Waals surface area contributed by atoms with Crippen molar-refractivity contribution in [1.82, 2.24) is 4.98 Å². The third kappa shape index (κ3) is 7.02. The predicted octanol–water partition coefficient (Wildman–Crippen LogP) is 4.10. The molecule has 176 valence electrons. The van der Waals surface area contributed by atoms with Gasteiger partial charge in [0.15, 0.2) is 9.84 Å². The third-order valence-electron chi connectivity index (χ3n) is 6.06. The Morgan fingerprint density at radius 2 is 2.00 bits per heavy atom. The van der Waals surface area contributed by atoms with Gasteiger partial charge in [-0.15, -0.1) is 0 Å². The van der Waals surface area contributed by atoms with Crippen LogP contribution in [0.25, 0.3) is 0 Å². The number of nitrogens with two attached hydrogens (primary N) is 1. The summed E-state index contributed by atoms with van der Waals surface area (Å²) in [6.45, 7) is 7.48. The summed E-state index contributed by atoms with van der Waals surface area (Å²) in [6, 6.07) is 3.26. The van der Waals surface area contributed by atoms with E-state index in [1.54, 1.807) is 12.1 Å². The van der Waals surface area contributed by atoms with Gasteiger partial charge in [-0.05, 0) is 0 Å². The van der Waals surface area contributed by atoms with Crippen LogP contribution in [0.3, 0.4) is 0 Å². The maximum atomic E-state index is 12.4. The molecule has 0 unspecified atom stereocenters. The van der Waals surface area contributed by atoms with Crippen LogP contribution in [0.1, 0.15) is 46.5 Å². The molecule has 0 bridgehead atoms. The van der Waals surface area contributed by atoms with E-state index in [0.29, 0.717) is 30.8 Å². The molecule has 0 spiro atoms. The molecule has 2 heterocycles. The third-order valence-corrected chi connectivity index (χ3v) is 12.6. The molecule has 1 aliphatic carbocycles. The van der Waals surface area contributed by atoms with E-state index in [0.717, 1.165) is 34.5 Å². The number of alkyl halides is 2. The molecular formula is C22H36IN3O4S. The summed E-state index contributed by atoms with van der Waals surface area (Å²) in [6.07, 6.45) is 6.68. The van der Waals surface area contributed by atoms with Crippen molar-refractivity contribution in [2.75, 3.05) is 33.6 Å². The number of carbonyl (C=O) groups is 1. The Kier molecular flexibility index (Phi) is 7.57. The number of halogens is 1. The number of nitrogens with zero attached hydrogens (tertiary/aromatic N) is 1. The normalized spacial score (nSPS) is 25.8. The first-order valence-electron chi connectivity index (χ1n) is 10.8. The molecule has 31 heavy (non-hydrogen) atoms.